The van der Waals surface area contributed by atoms with Crippen molar-refractivity contribution in [3.63, 3.8) is 0 Å². The summed E-state index contributed by atoms with van der Waals surface area (Å²) in [7, 11) is 0. The van der Waals surface area contributed by atoms with E-state index in [2.05, 4.69) is 11.1 Å². The van der Waals surface area contributed by atoms with Crippen LogP contribution in [0.1, 0.15) is 28.8 Å². The van der Waals surface area contributed by atoms with Gasteiger partial charge in [0.25, 0.3) is 0 Å². The van der Waals surface area contributed by atoms with Gasteiger partial charge in [-0.1, -0.05) is 30.3 Å². The summed E-state index contributed by atoms with van der Waals surface area (Å²) in [5, 5.41) is 9.19. The van der Waals surface area contributed by atoms with Crippen LogP contribution >= 0.6 is 0 Å². The first kappa shape index (κ1) is 17.6. The standard InChI is InChI=1S/C20H20N4O2/c21-15-17-7-4-10-22-20(17)24-13-11-23(12-14-24)19(26)9-8-18(25)16-5-2-1-3-6-16/h1-7,10H,8-9,11-14H2. The Bertz CT molecular complexity index is 821. The number of hydrogen-bond donors (Lipinski definition) is 0. The minimum atomic E-state index is -0.00951. The molecule has 2 aromatic rings. The molecule has 1 aliphatic rings. The Labute approximate surface area is 152 Å². The van der Waals surface area contributed by atoms with Crippen molar-refractivity contribution in [2.45, 2.75) is 12.8 Å². The molecule has 1 fully saturated rings. The molecule has 26 heavy (non-hydrogen) atoms. The SMILES string of the molecule is N#Cc1cccnc1N1CCN(C(=O)CCC(=O)c2ccccc2)CC1. The number of carbonyl (C=O) groups excluding carboxylic acids is 2. The maximum absolute atomic E-state index is 12.4. The fourth-order valence-corrected chi connectivity index (χ4v) is 3.05. The molecule has 1 amide bonds. The molecule has 0 spiro atoms. The van der Waals surface area contributed by atoms with Gasteiger partial charge in [0.15, 0.2) is 5.78 Å². The highest BCUT2D eigenvalue weighted by atomic mass is 16.2. The van der Waals surface area contributed by atoms with Crippen LogP contribution < -0.4 is 4.90 Å². The number of Topliss-reactive ketones (excluding diaryl/α,β-unsaturated/α-hetero) is 1. The second kappa shape index (κ2) is 8.26. The summed E-state index contributed by atoms with van der Waals surface area (Å²) >= 11 is 0. The molecule has 0 aliphatic carbocycles. The van der Waals surface area contributed by atoms with Crippen LogP contribution in [0.3, 0.4) is 0 Å². The van der Waals surface area contributed by atoms with Gasteiger partial charge in [-0.25, -0.2) is 4.98 Å². The normalized spacial score (nSPS) is 14.0. The molecular weight excluding hydrogens is 328 g/mol. The van der Waals surface area contributed by atoms with Crippen LogP contribution in [-0.4, -0.2) is 47.8 Å². The minimum Gasteiger partial charge on any atom is -0.352 e. The number of anilines is 1. The maximum atomic E-state index is 12.4. The van der Waals surface area contributed by atoms with Gasteiger partial charge in [-0.05, 0) is 12.1 Å². The minimum absolute atomic E-state index is 0.00420. The molecule has 2 heterocycles. The number of nitriles is 1. The van der Waals surface area contributed by atoms with Crippen molar-refractivity contribution in [3.05, 3.63) is 59.8 Å². The van der Waals surface area contributed by atoms with Crippen LogP contribution in [0.2, 0.25) is 0 Å². The van der Waals surface area contributed by atoms with Crippen LogP contribution in [0.5, 0.6) is 0 Å². The van der Waals surface area contributed by atoms with Gasteiger partial charge in [-0.15, -0.1) is 0 Å². The summed E-state index contributed by atoms with van der Waals surface area (Å²) in [5.74, 6) is 0.654. The third-order valence-corrected chi connectivity index (χ3v) is 4.50. The lowest BCUT2D eigenvalue weighted by Crippen LogP contribution is -2.49. The Hall–Kier alpha value is -3.20. The van der Waals surface area contributed by atoms with Crippen LogP contribution in [0, 0.1) is 11.3 Å². The van der Waals surface area contributed by atoms with E-state index < -0.39 is 0 Å². The van der Waals surface area contributed by atoms with E-state index in [9.17, 15) is 14.9 Å². The maximum Gasteiger partial charge on any atom is 0.223 e. The zero-order chi connectivity index (χ0) is 18.4. The summed E-state index contributed by atoms with van der Waals surface area (Å²) in [5.41, 5.74) is 1.19. The molecule has 0 bridgehead atoms. The molecule has 0 unspecified atom stereocenters. The Morgan fingerprint density at radius 1 is 1.00 bits per heavy atom. The first-order valence-corrected chi connectivity index (χ1v) is 8.65. The fraction of sp³-hybridized carbons (Fsp3) is 0.300. The average Bonchev–Trinajstić information content (AvgIpc) is 2.72. The Morgan fingerprint density at radius 2 is 1.73 bits per heavy atom. The van der Waals surface area contributed by atoms with Gasteiger partial charge in [-0.3, -0.25) is 9.59 Å². The van der Waals surface area contributed by atoms with E-state index in [1.807, 2.05) is 23.1 Å². The molecular formula is C20H20N4O2. The largest absolute Gasteiger partial charge is 0.352 e. The van der Waals surface area contributed by atoms with Crippen molar-refractivity contribution < 1.29 is 9.59 Å². The summed E-state index contributed by atoms with van der Waals surface area (Å²) in [6, 6.07) is 14.7. The van der Waals surface area contributed by atoms with Crippen molar-refractivity contribution in [1.29, 1.82) is 5.26 Å². The highest BCUT2D eigenvalue weighted by molar-refractivity contribution is 5.97. The van der Waals surface area contributed by atoms with Gasteiger partial charge in [0, 0.05) is 50.8 Å². The van der Waals surface area contributed by atoms with E-state index in [4.69, 9.17) is 0 Å². The second-order valence-electron chi connectivity index (χ2n) is 6.14. The topological polar surface area (TPSA) is 77.3 Å². The molecule has 3 rings (SSSR count). The highest BCUT2D eigenvalue weighted by Crippen LogP contribution is 2.18. The van der Waals surface area contributed by atoms with Crippen molar-refractivity contribution in [1.82, 2.24) is 9.88 Å². The molecule has 6 heteroatoms. The molecule has 0 N–H and O–H groups in total. The zero-order valence-electron chi connectivity index (χ0n) is 14.5. The number of pyridine rings is 1. The first-order valence-electron chi connectivity index (χ1n) is 8.65. The van der Waals surface area contributed by atoms with Crippen LogP contribution in [-0.2, 0) is 4.79 Å². The average molecular weight is 348 g/mol. The molecule has 1 saturated heterocycles. The quantitative estimate of drug-likeness (QED) is 0.775. The van der Waals surface area contributed by atoms with Crippen molar-refractivity contribution >= 4 is 17.5 Å². The molecule has 0 saturated carbocycles. The van der Waals surface area contributed by atoms with E-state index in [1.54, 1.807) is 35.4 Å². The van der Waals surface area contributed by atoms with Crippen LogP contribution in [0.15, 0.2) is 48.7 Å². The fourth-order valence-electron chi connectivity index (χ4n) is 3.05. The molecule has 1 aliphatic heterocycles. The lowest BCUT2D eigenvalue weighted by Gasteiger charge is -2.35. The van der Waals surface area contributed by atoms with Crippen molar-refractivity contribution in [3.8, 4) is 6.07 Å². The number of aromatic nitrogens is 1. The summed E-state index contributed by atoms with van der Waals surface area (Å²) in [6.07, 6.45) is 2.12. The molecule has 132 valence electrons. The number of piperazine rings is 1. The number of ketones is 1. The number of carbonyl (C=O) groups is 2. The highest BCUT2D eigenvalue weighted by Gasteiger charge is 2.23. The van der Waals surface area contributed by atoms with E-state index in [1.165, 1.54) is 0 Å². The number of rotatable bonds is 5. The van der Waals surface area contributed by atoms with Crippen LogP contribution in [0.25, 0.3) is 0 Å². The summed E-state index contributed by atoms with van der Waals surface area (Å²) in [6.45, 7) is 2.40. The summed E-state index contributed by atoms with van der Waals surface area (Å²) in [4.78, 5) is 32.6. The van der Waals surface area contributed by atoms with Gasteiger partial charge < -0.3 is 9.80 Å². The predicted octanol–water partition coefficient (Wildman–Crippen LogP) is 2.26. The van der Waals surface area contributed by atoms with Gasteiger partial charge in [0.2, 0.25) is 5.91 Å². The van der Waals surface area contributed by atoms with Gasteiger partial charge >= 0.3 is 0 Å². The molecule has 1 aromatic carbocycles. The zero-order valence-corrected chi connectivity index (χ0v) is 14.5. The van der Waals surface area contributed by atoms with Crippen LogP contribution in [0.4, 0.5) is 5.82 Å². The Balaban J connectivity index is 1.51. The third kappa shape index (κ3) is 4.06. The van der Waals surface area contributed by atoms with E-state index >= 15 is 0 Å². The number of hydrogen-bond acceptors (Lipinski definition) is 5. The molecule has 0 radical (unpaired) electrons. The Kier molecular flexibility index (Phi) is 5.59. The number of benzene rings is 1. The van der Waals surface area contributed by atoms with E-state index in [0.29, 0.717) is 43.1 Å². The molecule has 1 aromatic heterocycles. The van der Waals surface area contributed by atoms with Crippen molar-refractivity contribution in [2.75, 3.05) is 31.1 Å². The predicted molar refractivity (Wildman–Crippen MR) is 97.8 cm³/mol. The monoisotopic (exact) mass is 348 g/mol. The number of amides is 1. The summed E-state index contributed by atoms with van der Waals surface area (Å²) < 4.78 is 0. The Morgan fingerprint density at radius 3 is 2.42 bits per heavy atom. The third-order valence-electron chi connectivity index (χ3n) is 4.50. The smallest absolute Gasteiger partial charge is 0.223 e. The van der Waals surface area contributed by atoms with Gasteiger partial charge in [-0.2, -0.15) is 5.26 Å². The van der Waals surface area contributed by atoms with E-state index in [-0.39, 0.29) is 24.5 Å². The lowest BCUT2D eigenvalue weighted by molar-refractivity contribution is -0.131. The first-order chi connectivity index (χ1) is 12.7. The molecule has 6 nitrogen and oxygen atoms in total. The number of nitrogens with zero attached hydrogens (tertiary/aromatic N) is 4. The molecule has 0 atom stereocenters. The van der Waals surface area contributed by atoms with Gasteiger partial charge in [0.05, 0.1) is 5.56 Å². The van der Waals surface area contributed by atoms with Gasteiger partial charge in [0.1, 0.15) is 11.9 Å². The second-order valence-corrected chi connectivity index (χ2v) is 6.14. The van der Waals surface area contributed by atoms with E-state index in [0.717, 1.165) is 0 Å². The lowest BCUT2D eigenvalue weighted by atomic mass is 10.1. The van der Waals surface area contributed by atoms with Crippen molar-refractivity contribution in [2.24, 2.45) is 0 Å².